The van der Waals surface area contributed by atoms with E-state index in [1.165, 1.54) is 0 Å². The molecule has 0 fully saturated rings. The lowest BCUT2D eigenvalue weighted by molar-refractivity contribution is -0.686. The summed E-state index contributed by atoms with van der Waals surface area (Å²) < 4.78 is 3.81. The number of aryl methyl sites for hydroxylation is 1. The maximum Gasteiger partial charge on any atom is 0.255 e. The molecule has 0 saturated carbocycles. The van der Waals surface area contributed by atoms with Crippen LogP contribution in [0.1, 0.15) is 12.6 Å². The Balaban J connectivity index is 1.96. The molecule has 20 heavy (non-hydrogen) atoms. The first-order valence-corrected chi connectivity index (χ1v) is 7.23. The van der Waals surface area contributed by atoms with Gasteiger partial charge in [0.05, 0.1) is 17.8 Å². The van der Waals surface area contributed by atoms with E-state index in [1.807, 2.05) is 46.7 Å². The number of aromatic nitrogens is 3. The van der Waals surface area contributed by atoms with Crippen LogP contribution in [0.15, 0.2) is 42.7 Å². The van der Waals surface area contributed by atoms with Gasteiger partial charge in [-0.05, 0) is 42.3 Å². The summed E-state index contributed by atoms with van der Waals surface area (Å²) in [4.78, 5) is 4.64. The molecule has 0 unspecified atom stereocenters. The molecule has 0 aliphatic rings. The van der Waals surface area contributed by atoms with Gasteiger partial charge in [-0.2, -0.15) is 0 Å². The molecule has 0 saturated heterocycles. The number of para-hydroxylation sites is 1. The third-order valence-corrected chi connectivity index (χ3v) is 4.17. The summed E-state index contributed by atoms with van der Waals surface area (Å²) in [7, 11) is 0. The average Bonchev–Trinajstić information content (AvgIpc) is 2.75. The van der Waals surface area contributed by atoms with E-state index in [0.29, 0.717) is 16.9 Å². The highest BCUT2D eigenvalue weighted by Crippen LogP contribution is 2.19. The number of halogens is 2. The molecule has 3 rings (SSSR count). The zero-order chi connectivity index (χ0) is 14.1. The fourth-order valence-corrected chi connectivity index (χ4v) is 2.69. The van der Waals surface area contributed by atoms with Crippen molar-refractivity contribution in [2.45, 2.75) is 20.0 Å². The zero-order valence-electron chi connectivity index (χ0n) is 11.1. The van der Waals surface area contributed by atoms with Gasteiger partial charge in [0.2, 0.25) is 6.33 Å². The van der Waals surface area contributed by atoms with Crippen LogP contribution in [-0.2, 0) is 13.1 Å². The van der Waals surface area contributed by atoms with Gasteiger partial charge in [-0.1, -0.05) is 24.3 Å². The van der Waals surface area contributed by atoms with Gasteiger partial charge in [0.25, 0.3) is 10.3 Å². The van der Waals surface area contributed by atoms with Gasteiger partial charge in [0, 0.05) is 5.39 Å². The summed E-state index contributed by atoms with van der Waals surface area (Å²) in [6.07, 6.45) is 1.92. The third-order valence-electron chi connectivity index (χ3n) is 3.28. The van der Waals surface area contributed by atoms with E-state index in [4.69, 9.17) is 23.2 Å². The fourth-order valence-electron chi connectivity index (χ4n) is 2.21. The van der Waals surface area contributed by atoms with E-state index in [2.05, 4.69) is 17.1 Å². The fraction of sp³-hybridized carbons (Fsp3) is 0.200. The van der Waals surface area contributed by atoms with Crippen LogP contribution >= 0.6 is 23.2 Å². The SMILES string of the molecule is CCn1c[n+](Cc2ccc3ccccc3n2)c(Cl)c1Cl. The minimum Gasteiger partial charge on any atom is -0.249 e. The number of imidazole rings is 1. The summed E-state index contributed by atoms with van der Waals surface area (Å²) in [5.74, 6) is 0. The number of nitrogens with zero attached hydrogens (tertiary/aromatic N) is 3. The lowest BCUT2D eigenvalue weighted by atomic mass is 10.2. The Morgan fingerprint density at radius 2 is 1.95 bits per heavy atom. The predicted octanol–water partition coefficient (Wildman–Crippen LogP) is 3.70. The van der Waals surface area contributed by atoms with Crippen LogP contribution in [-0.4, -0.2) is 9.55 Å². The van der Waals surface area contributed by atoms with Crippen LogP contribution in [0, 0.1) is 0 Å². The quantitative estimate of drug-likeness (QED) is 0.676. The second kappa shape index (κ2) is 5.43. The average molecular weight is 307 g/mol. The van der Waals surface area contributed by atoms with Gasteiger partial charge in [-0.3, -0.25) is 0 Å². The maximum atomic E-state index is 6.24. The largest absolute Gasteiger partial charge is 0.255 e. The van der Waals surface area contributed by atoms with Crippen molar-refractivity contribution in [1.82, 2.24) is 9.55 Å². The van der Waals surface area contributed by atoms with Crippen LogP contribution in [0.2, 0.25) is 10.3 Å². The number of fused-ring (bicyclic) bond motifs is 1. The molecular formula is C15H14Cl2N3+. The molecule has 3 nitrogen and oxygen atoms in total. The second-order valence-electron chi connectivity index (χ2n) is 4.61. The molecule has 3 aromatic rings. The Labute approximate surface area is 127 Å². The number of benzene rings is 1. The molecule has 0 spiro atoms. The number of pyridine rings is 1. The molecule has 102 valence electrons. The zero-order valence-corrected chi connectivity index (χ0v) is 12.6. The van der Waals surface area contributed by atoms with Crippen molar-refractivity contribution in [1.29, 1.82) is 0 Å². The van der Waals surface area contributed by atoms with E-state index >= 15 is 0 Å². The first-order chi connectivity index (χ1) is 9.69. The van der Waals surface area contributed by atoms with Crippen LogP contribution < -0.4 is 4.57 Å². The number of hydrogen-bond acceptors (Lipinski definition) is 1. The van der Waals surface area contributed by atoms with Crippen LogP contribution in [0.3, 0.4) is 0 Å². The lowest BCUT2D eigenvalue weighted by Gasteiger charge is -2.01. The Bertz CT molecular complexity index is 765. The normalized spacial score (nSPS) is 11.2. The molecule has 0 bridgehead atoms. The van der Waals surface area contributed by atoms with Gasteiger partial charge >= 0.3 is 0 Å². The van der Waals surface area contributed by atoms with Crippen LogP contribution in [0.4, 0.5) is 0 Å². The van der Waals surface area contributed by atoms with E-state index in [9.17, 15) is 0 Å². The monoisotopic (exact) mass is 306 g/mol. The van der Waals surface area contributed by atoms with Gasteiger partial charge in [0.15, 0.2) is 0 Å². The van der Waals surface area contributed by atoms with Crippen LogP contribution in [0.25, 0.3) is 10.9 Å². The first kappa shape index (κ1) is 13.4. The van der Waals surface area contributed by atoms with Crippen molar-refractivity contribution in [2.75, 3.05) is 0 Å². The Morgan fingerprint density at radius 3 is 2.70 bits per heavy atom. The van der Waals surface area contributed by atoms with E-state index in [-0.39, 0.29) is 0 Å². The molecule has 1 aromatic carbocycles. The smallest absolute Gasteiger partial charge is 0.249 e. The summed E-state index contributed by atoms with van der Waals surface area (Å²) in [5, 5.41) is 2.25. The van der Waals surface area contributed by atoms with Crippen molar-refractivity contribution >= 4 is 34.1 Å². The Kier molecular flexibility index (Phi) is 3.64. The van der Waals surface area contributed by atoms with E-state index in [0.717, 1.165) is 23.1 Å². The summed E-state index contributed by atoms with van der Waals surface area (Å²) in [6, 6.07) is 12.2. The van der Waals surface area contributed by atoms with Gasteiger partial charge in [0.1, 0.15) is 6.54 Å². The van der Waals surface area contributed by atoms with Crippen LogP contribution in [0.5, 0.6) is 0 Å². The van der Waals surface area contributed by atoms with Crippen molar-refractivity contribution in [3.05, 3.63) is 58.7 Å². The van der Waals surface area contributed by atoms with Crippen molar-refractivity contribution in [3.8, 4) is 0 Å². The minimum atomic E-state index is 0.545. The molecule has 0 aliphatic carbocycles. The minimum absolute atomic E-state index is 0.545. The van der Waals surface area contributed by atoms with E-state index < -0.39 is 0 Å². The highest BCUT2D eigenvalue weighted by Gasteiger charge is 2.19. The third kappa shape index (κ3) is 2.39. The maximum absolute atomic E-state index is 6.24. The van der Waals surface area contributed by atoms with Gasteiger partial charge in [-0.25, -0.2) is 14.1 Å². The summed E-state index contributed by atoms with van der Waals surface area (Å²) in [5.41, 5.74) is 1.95. The molecule has 0 radical (unpaired) electrons. The van der Waals surface area contributed by atoms with Gasteiger partial charge in [-0.15, -0.1) is 0 Å². The highest BCUT2D eigenvalue weighted by atomic mass is 35.5. The topological polar surface area (TPSA) is 21.7 Å². The molecule has 0 aliphatic heterocycles. The van der Waals surface area contributed by atoms with Crippen molar-refractivity contribution in [2.24, 2.45) is 0 Å². The van der Waals surface area contributed by atoms with Crippen molar-refractivity contribution < 1.29 is 4.57 Å². The Morgan fingerprint density at radius 1 is 1.15 bits per heavy atom. The molecule has 2 heterocycles. The molecule has 2 aromatic heterocycles. The molecule has 5 heteroatoms. The number of rotatable bonds is 3. The second-order valence-corrected chi connectivity index (χ2v) is 5.32. The molecule has 0 amide bonds. The Hall–Kier alpha value is -1.58. The summed E-state index contributed by atoms with van der Waals surface area (Å²) in [6.45, 7) is 3.42. The van der Waals surface area contributed by atoms with Crippen molar-refractivity contribution in [3.63, 3.8) is 0 Å². The predicted molar refractivity (Wildman–Crippen MR) is 81.2 cm³/mol. The summed E-state index contributed by atoms with van der Waals surface area (Å²) >= 11 is 12.4. The molecular weight excluding hydrogens is 293 g/mol. The van der Waals surface area contributed by atoms with Gasteiger partial charge < -0.3 is 0 Å². The highest BCUT2D eigenvalue weighted by molar-refractivity contribution is 6.39. The standard InChI is InChI=1S/C15H14Cl2N3/c1-2-19-10-20(15(17)14(19)16)9-12-8-7-11-5-3-4-6-13(11)18-12/h3-8,10H,2,9H2,1H3/q+1. The van der Waals surface area contributed by atoms with E-state index in [1.54, 1.807) is 0 Å². The molecule has 0 atom stereocenters. The number of hydrogen-bond donors (Lipinski definition) is 0. The molecule has 0 N–H and O–H groups in total. The first-order valence-electron chi connectivity index (χ1n) is 6.47. The lowest BCUT2D eigenvalue weighted by Crippen LogP contribution is -2.33.